The molecule has 0 aromatic heterocycles. The molecule has 0 radical (unpaired) electrons. The molecule has 2 aromatic carbocycles. The highest BCUT2D eigenvalue weighted by Crippen LogP contribution is 2.60. The lowest BCUT2D eigenvalue weighted by molar-refractivity contribution is 0.384. The van der Waals surface area contributed by atoms with Crippen LogP contribution in [0.25, 0.3) is 0 Å². The van der Waals surface area contributed by atoms with Crippen molar-refractivity contribution < 1.29 is 19.3 Å². The van der Waals surface area contributed by atoms with Gasteiger partial charge >= 0.3 is 0 Å². The molecule has 0 aliphatic heterocycles. The van der Waals surface area contributed by atoms with Crippen molar-refractivity contribution in [1.29, 1.82) is 0 Å². The number of ether oxygens (including phenoxy) is 3. The van der Waals surface area contributed by atoms with Crippen molar-refractivity contribution in [1.82, 2.24) is 0 Å². The van der Waals surface area contributed by atoms with Crippen LogP contribution >= 0.6 is 0 Å². The van der Waals surface area contributed by atoms with Crippen molar-refractivity contribution in [2.45, 2.75) is 31.1 Å². The normalized spacial score (nSPS) is 20.8. The van der Waals surface area contributed by atoms with Gasteiger partial charge in [0.15, 0.2) is 0 Å². The average Bonchev–Trinajstić information content (AvgIpc) is 3.19. The van der Waals surface area contributed by atoms with Crippen LogP contribution in [-0.4, -0.2) is 26.4 Å². The van der Waals surface area contributed by atoms with Crippen LogP contribution in [0.4, 0.5) is 0 Å². The summed E-state index contributed by atoms with van der Waals surface area (Å²) in [6, 6.07) is 7.54. The van der Waals surface area contributed by atoms with E-state index in [0.29, 0.717) is 5.75 Å². The van der Waals surface area contributed by atoms with E-state index in [4.69, 9.17) is 14.2 Å². The Morgan fingerprint density at radius 2 is 1.25 bits per heavy atom. The second-order valence-corrected chi connectivity index (χ2v) is 6.55. The maximum absolute atomic E-state index is 10.7. The van der Waals surface area contributed by atoms with Crippen LogP contribution in [0, 0.1) is 0 Å². The summed E-state index contributed by atoms with van der Waals surface area (Å²) in [7, 11) is 5.09. The topological polar surface area (TPSA) is 47.9 Å². The first-order valence-corrected chi connectivity index (χ1v) is 8.30. The average molecular weight is 326 g/mol. The van der Waals surface area contributed by atoms with E-state index in [1.54, 1.807) is 27.4 Å². The Hall–Kier alpha value is -2.36. The Kier molecular flexibility index (Phi) is 3.37. The molecule has 1 atom stereocenters. The third-order valence-corrected chi connectivity index (χ3v) is 5.70. The smallest absolute Gasteiger partial charge is 0.123 e. The minimum Gasteiger partial charge on any atom is -0.508 e. The molecule has 0 fully saturated rings. The molecule has 0 amide bonds. The molecule has 1 unspecified atom stereocenters. The third-order valence-electron chi connectivity index (χ3n) is 5.70. The van der Waals surface area contributed by atoms with Gasteiger partial charge in [0.05, 0.1) is 21.3 Å². The lowest BCUT2D eigenvalue weighted by atomic mass is 9.75. The van der Waals surface area contributed by atoms with E-state index < -0.39 is 0 Å². The number of phenols is 1. The molecule has 0 saturated heterocycles. The molecule has 4 nitrogen and oxygen atoms in total. The highest BCUT2D eigenvalue weighted by atomic mass is 16.5. The van der Waals surface area contributed by atoms with Gasteiger partial charge in [0.25, 0.3) is 0 Å². The predicted molar refractivity (Wildman–Crippen MR) is 91.6 cm³/mol. The number of fused-ring (bicyclic) bond motifs is 4. The minimum atomic E-state index is -0.219. The SMILES string of the molecule is COc1ccc(O)c2c1CCC21CCc2c(OC)ccc(OC)c21. The van der Waals surface area contributed by atoms with E-state index in [1.165, 1.54) is 11.1 Å². The molecule has 126 valence electrons. The summed E-state index contributed by atoms with van der Waals surface area (Å²) < 4.78 is 16.8. The van der Waals surface area contributed by atoms with Gasteiger partial charge < -0.3 is 19.3 Å². The van der Waals surface area contributed by atoms with E-state index >= 15 is 0 Å². The standard InChI is InChI=1S/C20H22O4/c1-22-15-5-4-14(21)18-12(15)8-10-20(18)11-9-13-16(23-2)6-7-17(24-3)19(13)20/h4-7,21H,8-11H2,1-3H3. The second kappa shape index (κ2) is 5.33. The first kappa shape index (κ1) is 15.2. The van der Waals surface area contributed by atoms with Crippen molar-refractivity contribution in [2.75, 3.05) is 21.3 Å². The van der Waals surface area contributed by atoms with Crippen LogP contribution in [0.3, 0.4) is 0 Å². The minimum absolute atomic E-state index is 0.219. The zero-order chi connectivity index (χ0) is 16.9. The number of hydrogen-bond acceptors (Lipinski definition) is 4. The molecule has 0 bridgehead atoms. The van der Waals surface area contributed by atoms with Gasteiger partial charge in [0, 0.05) is 27.7 Å². The summed E-state index contributed by atoms with van der Waals surface area (Å²) in [4.78, 5) is 0. The number of phenolic OH excluding ortho intramolecular Hbond substituents is 1. The van der Waals surface area contributed by atoms with Gasteiger partial charge in [-0.3, -0.25) is 0 Å². The Morgan fingerprint density at radius 3 is 1.83 bits per heavy atom. The molecule has 0 heterocycles. The Balaban J connectivity index is 2.01. The fourth-order valence-electron chi connectivity index (χ4n) is 4.76. The molecule has 4 heteroatoms. The van der Waals surface area contributed by atoms with Crippen molar-refractivity contribution >= 4 is 0 Å². The highest BCUT2D eigenvalue weighted by molar-refractivity contribution is 5.66. The van der Waals surface area contributed by atoms with Crippen LogP contribution in [-0.2, 0) is 18.3 Å². The van der Waals surface area contributed by atoms with Gasteiger partial charge in [-0.15, -0.1) is 0 Å². The summed E-state index contributed by atoms with van der Waals surface area (Å²) in [5.74, 6) is 2.98. The quantitative estimate of drug-likeness (QED) is 0.936. The predicted octanol–water partition coefficient (Wildman–Crippen LogP) is 3.60. The Morgan fingerprint density at radius 1 is 0.750 bits per heavy atom. The van der Waals surface area contributed by atoms with Crippen LogP contribution in [0.1, 0.15) is 35.1 Å². The monoisotopic (exact) mass is 326 g/mol. The fourth-order valence-corrected chi connectivity index (χ4v) is 4.76. The second-order valence-electron chi connectivity index (χ2n) is 6.55. The summed E-state index contributed by atoms with van der Waals surface area (Å²) in [5, 5.41) is 10.7. The van der Waals surface area contributed by atoms with Crippen molar-refractivity contribution in [2.24, 2.45) is 0 Å². The lowest BCUT2D eigenvalue weighted by Gasteiger charge is -2.29. The molecule has 4 rings (SSSR count). The van der Waals surface area contributed by atoms with Crippen LogP contribution in [0.5, 0.6) is 23.0 Å². The Labute approximate surface area is 142 Å². The van der Waals surface area contributed by atoms with E-state index in [2.05, 4.69) is 0 Å². The maximum Gasteiger partial charge on any atom is 0.123 e. The van der Waals surface area contributed by atoms with Gasteiger partial charge in [0.1, 0.15) is 23.0 Å². The van der Waals surface area contributed by atoms with E-state index in [9.17, 15) is 5.11 Å². The fraction of sp³-hybridized carbons (Fsp3) is 0.400. The summed E-state index contributed by atoms with van der Waals surface area (Å²) in [6.07, 6.45) is 3.72. The largest absolute Gasteiger partial charge is 0.508 e. The van der Waals surface area contributed by atoms with Gasteiger partial charge in [-0.1, -0.05) is 0 Å². The highest BCUT2D eigenvalue weighted by Gasteiger charge is 2.50. The number of methoxy groups -OCH3 is 3. The van der Waals surface area contributed by atoms with Gasteiger partial charge in [-0.25, -0.2) is 0 Å². The molecule has 1 spiro atoms. The van der Waals surface area contributed by atoms with Crippen molar-refractivity contribution in [3.63, 3.8) is 0 Å². The van der Waals surface area contributed by atoms with Crippen LogP contribution < -0.4 is 14.2 Å². The number of rotatable bonds is 3. The Bertz CT molecular complexity index is 808. The molecule has 2 aromatic rings. The molecule has 2 aliphatic rings. The van der Waals surface area contributed by atoms with Crippen molar-refractivity contribution in [3.05, 3.63) is 46.5 Å². The summed E-state index contributed by atoms with van der Waals surface area (Å²) >= 11 is 0. The van der Waals surface area contributed by atoms with E-state index in [0.717, 1.165) is 54.1 Å². The maximum atomic E-state index is 10.7. The van der Waals surface area contributed by atoms with Gasteiger partial charge in [0.2, 0.25) is 0 Å². The van der Waals surface area contributed by atoms with Gasteiger partial charge in [-0.2, -0.15) is 0 Å². The molecule has 0 saturated carbocycles. The number of hydrogen-bond donors (Lipinski definition) is 1. The van der Waals surface area contributed by atoms with E-state index in [-0.39, 0.29) is 5.41 Å². The molecular formula is C20H22O4. The molecule has 24 heavy (non-hydrogen) atoms. The molecular weight excluding hydrogens is 304 g/mol. The van der Waals surface area contributed by atoms with Crippen LogP contribution in [0.2, 0.25) is 0 Å². The summed E-state index contributed by atoms with van der Waals surface area (Å²) in [5.41, 5.74) is 4.28. The first-order valence-electron chi connectivity index (χ1n) is 8.30. The van der Waals surface area contributed by atoms with Crippen molar-refractivity contribution in [3.8, 4) is 23.0 Å². The molecule has 1 N–H and O–H groups in total. The number of aromatic hydroxyl groups is 1. The summed E-state index contributed by atoms with van der Waals surface area (Å²) in [6.45, 7) is 0. The van der Waals surface area contributed by atoms with E-state index in [1.807, 2.05) is 18.2 Å². The van der Waals surface area contributed by atoms with Crippen LogP contribution in [0.15, 0.2) is 24.3 Å². The lowest BCUT2D eigenvalue weighted by Crippen LogP contribution is -2.22. The zero-order valence-corrected chi connectivity index (χ0v) is 14.3. The first-order chi connectivity index (χ1) is 11.7. The third kappa shape index (κ3) is 1.80. The zero-order valence-electron chi connectivity index (χ0n) is 14.3. The molecule has 2 aliphatic carbocycles. The number of benzene rings is 2. The van der Waals surface area contributed by atoms with Gasteiger partial charge in [-0.05, 0) is 49.9 Å².